The van der Waals surface area contributed by atoms with Crippen LogP contribution in [0.2, 0.25) is 0 Å². The highest BCUT2D eigenvalue weighted by Crippen LogP contribution is 2.42. The summed E-state index contributed by atoms with van der Waals surface area (Å²) in [5, 5.41) is 8.49. The number of aromatic nitrogens is 3. The first-order valence-corrected chi connectivity index (χ1v) is 7.67. The lowest BCUT2D eigenvalue weighted by atomic mass is 9.81. The normalized spacial score (nSPS) is 30.2. The number of alkyl halides is 3. The summed E-state index contributed by atoms with van der Waals surface area (Å²) in [6.07, 6.45) is -0.652. The fraction of sp³-hybridized carbons (Fsp3) is 0.857. The fourth-order valence-electron chi connectivity index (χ4n) is 3.59. The molecule has 0 radical (unpaired) electrons. The lowest BCUT2D eigenvalue weighted by Gasteiger charge is -2.31. The minimum Gasteiger partial charge on any atom is -0.330 e. The maximum absolute atomic E-state index is 12.7. The molecule has 0 spiro atoms. The molecule has 0 aromatic carbocycles. The maximum atomic E-state index is 12.7. The Bertz CT molecular complexity index is 489. The number of hydrogen-bond donors (Lipinski definition) is 1. The highest BCUT2D eigenvalue weighted by Gasteiger charge is 2.42. The van der Waals surface area contributed by atoms with E-state index in [0.717, 1.165) is 31.0 Å². The Balaban J connectivity index is 1.71. The molecule has 2 N–H and O–H groups in total. The van der Waals surface area contributed by atoms with E-state index < -0.39 is 12.1 Å². The van der Waals surface area contributed by atoms with Crippen LogP contribution in [-0.4, -0.2) is 27.5 Å². The Morgan fingerprint density at radius 2 is 1.81 bits per heavy atom. The van der Waals surface area contributed by atoms with Crippen LogP contribution in [-0.2, 0) is 13.0 Å². The van der Waals surface area contributed by atoms with E-state index in [2.05, 4.69) is 14.8 Å². The second-order valence-electron chi connectivity index (χ2n) is 6.32. The molecule has 1 aliphatic carbocycles. The molecule has 1 unspecified atom stereocenters. The molecule has 1 aromatic heterocycles. The summed E-state index contributed by atoms with van der Waals surface area (Å²) in [6, 6.07) is 0. The summed E-state index contributed by atoms with van der Waals surface area (Å²) >= 11 is 0. The van der Waals surface area contributed by atoms with Gasteiger partial charge in [0.1, 0.15) is 11.6 Å². The minimum absolute atomic E-state index is 0.112. The molecule has 1 atom stereocenters. The first-order valence-electron chi connectivity index (χ1n) is 7.67. The number of rotatable bonds is 2. The fourth-order valence-corrected chi connectivity index (χ4v) is 3.59. The highest BCUT2D eigenvalue weighted by atomic mass is 19.4. The van der Waals surface area contributed by atoms with E-state index in [1.165, 1.54) is 0 Å². The van der Waals surface area contributed by atoms with Crippen molar-refractivity contribution in [1.82, 2.24) is 14.8 Å². The van der Waals surface area contributed by atoms with Crippen molar-refractivity contribution < 1.29 is 13.2 Å². The van der Waals surface area contributed by atoms with Gasteiger partial charge in [0.15, 0.2) is 0 Å². The van der Waals surface area contributed by atoms with Crippen LogP contribution in [0.1, 0.15) is 49.7 Å². The van der Waals surface area contributed by atoms with Crippen LogP contribution in [0.25, 0.3) is 0 Å². The van der Waals surface area contributed by atoms with E-state index in [4.69, 9.17) is 5.73 Å². The van der Waals surface area contributed by atoms with Gasteiger partial charge >= 0.3 is 6.18 Å². The van der Waals surface area contributed by atoms with Crippen LogP contribution in [0.4, 0.5) is 13.2 Å². The molecular formula is C14H21F3N4. The molecule has 3 rings (SSSR count). The summed E-state index contributed by atoms with van der Waals surface area (Å²) in [4.78, 5) is 0. The molecule has 1 saturated carbocycles. The zero-order chi connectivity index (χ0) is 15.0. The van der Waals surface area contributed by atoms with Gasteiger partial charge in [-0.05, 0) is 44.6 Å². The van der Waals surface area contributed by atoms with E-state index in [1.54, 1.807) is 0 Å². The van der Waals surface area contributed by atoms with Crippen molar-refractivity contribution in [3.63, 3.8) is 0 Å². The molecule has 0 amide bonds. The summed E-state index contributed by atoms with van der Waals surface area (Å²) in [5.41, 5.74) is 5.74. The number of nitrogens with two attached hydrogens (primary N) is 1. The van der Waals surface area contributed by atoms with Gasteiger partial charge in [0.25, 0.3) is 0 Å². The highest BCUT2D eigenvalue weighted by molar-refractivity contribution is 5.06. The van der Waals surface area contributed by atoms with Crippen molar-refractivity contribution in [3.05, 3.63) is 11.6 Å². The summed E-state index contributed by atoms with van der Waals surface area (Å²) < 4.78 is 40.3. The Morgan fingerprint density at radius 3 is 2.43 bits per heavy atom. The monoisotopic (exact) mass is 302 g/mol. The largest absolute Gasteiger partial charge is 0.391 e. The summed E-state index contributed by atoms with van der Waals surface area (Å²) in [5.74, 6) is 1.24. The Hall–Kier alpha value is -1.11. The number of nitrogens with zero attached hydrogens (tertiary/aromatic N) is 3. The van der Waals surface area contributed by atoms with Crippen LogP contribution in [0.15, 0.2) is 0 Å². The molecule has 21 heavy (non-hydrogen) atoms. The molecule has 4 nitrogen and oxygen atoms in total. The van der Waals surface area contributed by atoms with Gasteiger partial charge in [-0.3, -0.25) is 0 Å². The lowest BCUT2D eigenvalue weighted by molar-refractivity contribution is -0.182. The van der Waals surface area contributed by atoms with Crippen LogP contribution in [0.3, 0.4) is 0 Å². The number of fused-ring (bicyclic) bond motifs is 1. The molecule has 0 saturated heterocycles. The Kier molecular flexibility index (Phi) is 3.94. The number of halogens is 3. The number of hydrogen-bond acceptors (Lipinski definition) is 3. The van der Waals surface area contributed by atoms with Gasteiger partial charge in [0.2, 0.25) is 0 Å². The summed E-state index contributed by atoms with van der Waals surface area (Å²) in [7, 11) is 0. The van der Waals surface area contributed by atoms with Gasteiger partial charge in [0.05, 0.1) is 5.92 Å². The van der Waals surface area contributed by atoms with Gasteiger partial charge in [0, 0.05) is 18.9 Å². The molecule has 7 heteroatoms. The van der Waals surface area contributed by atoms with Gasteiger partial charge < -0.3 is 10.3 Å². The van der Waals surface area contributed by atoms with E-state index in [1.807, 2.05) is 0 Å². The second kappa shape index (κ2) is 5.59. The number of aryl methyl sites for hydroxylation is 1. The van der Waals surface area contributed by atoms with Crippen molar-refractivity contribution in [2.75, 3.05) is 6.54 Å². The molecule has 2 aliphatic rings. The van der Waals surface area contributed by atoms with Gasteiger partial charge in [-0.15, -0.1) is 10.2 Å². The molecule has 118 valence electrons. The average Bonchev–Trinajstić information content (AvgIpc) is 2.89. The minimum atomic E-state index is -4.06. The van der Waals surface area contributed by atoms with Crippen molar-refractivity contribution >= 4 is 0 Å². The molecule has 2 heterocycles. The van der Waals surface area contributed by atoms with Gasteiger partial charge in [-0.25, -0.2) is 0 Å². The third-order valence-corrected chi connectivity index (χ3v) is 4.96. The lowest BCUT2D eigenvalue weighted by Crippen LogP contribution is -2.30. The van der Waals surface area contributed by atoms with Crippen LogP contribution in [0.5, 0.6) is 0 Å². The van der Waals surface area contributed by atoms with E-state index >= 15 is 0 Å². The second-order valence-corrected chi connectivity index (χ2v) is 6.32. The van der Waals surface area contributed by atoms with Crippen molar-refractivity contribution in [2.45, 2.75) is 57.2 Å². The predicted octanol–water partition coefficient (Wildman–Crippen LogP) is 2.64. The zero-order valence-electron chi connectivity index (χ0n) is 11.9. The van der Waals surface area contributed by atoms with Crippen LogP contribution >= 0.6 is 0 Å². The Morgan fingerprint density at radius 1 is 1.10 bits per heavy atom. The standard InChI is InChI=1S/C14H21F3N4/c15-14(16,17)11-4-2-10(3-5-11)13-20-19-12-6-1-9(7-18)8-21(12)13/h9-11H,1-8,18H2. The quantitative estimate of drug-likeness (QED) is 0.913. The average molecular weight is 302 g/mol. The third-order valence-electron chi connectivity index (χ3n) is 4.96. The molecule has 0 bridgehead atoms. The molecular weight excluding hydrogens is 281 g/mol. The Labute approximate surface area is 121 Å². The van der Waals surface area contributed by atoms with Crippen molar-refractivity contribution in [1.29, 1.82) is 0 Å². The zero-order valence-corrected chi connectivity index (χ0v) is 11.9. The van der Waals surface area contributed by atoms with E-state index in [-0.39, 0.29) is 18.8 Å². The van der Waals surface area contributed by atoms with E-state index in [9.17, 15) is 13.2 Å². The maximum Gasteiger partial charge on any atom is 0.391 e. The molecule has 1 aromatic rings. The van der Waals surface area contributed by atoms with E-state index in [0.29, 0.717) is 25.3 Å². The first-order chi connectivity index (χ1) is 9.99. The van der Waals surface area contributed by atoms with Gasteiger partial charge in [-0.1, -0.05) is 0 Å². The van der Waals surface area contributed by atoms with Crippen LogP contribution in [0, 0.1) is 11.8 Å². The molecule has 1 fully saturated rings. The van der Waals surface area contributed by atoms with Crippen molar-refractivity contribution in [2.24, 2.45) is 17.6 Å². The van der Waals surface area contributed by atoms with Gasteiger partial charge in [-0.2, -0.15) is 13.2 Å². The third kappa shape index (κ3) is 2.93. The van der Waals surface area contributed by atoms with Crippen LogP contribution < -0.4 is 5.73 Å². The SMILES string of the molecule is NCC1CCc2nnc(C3CCC(C(F)(F)F)CC3)n2C1. The first kappa shape index (κ1) is 14.8. The smallest absolute Gasteiger partial charge is 0.330 e. The van der Waals surface area contributed by atoms with Crippen molar-refractivity contribution in [3.8, 4) is 0 Å². The topological polar surface area (TPSA) is 56.7 Å². The predicted molar refractivity (Wildman–Crippen MR) is 71.6 cm³/mol. The molecule has 1 aliphatic heterocycles. The summed E-state index contributed by atoms with van der Waals surface area (Å²) in [6.45, 7) is 1.45.